The van der Waals surface area contributed by atoms with Crippen LogP contribution in [0.25, 0.3) is 0 Å². The first-order valence-corrected chi connectivity index (χ1v) is 6.31. The van der Waals surface area contributed by atoms with Gasteiger partial charge in [-0.05, 0) is 41.5 Å². The molecule has 0 aliphatic heterocycles. The number of hydrogen-bond donors (Lipinski definition) is 1. The van der Waals surface area contributed by atoms with E-state index in [9.17, 15) is 14.7 Å². The molecule has 0 aromatic heterocycles. The van der Waals surface area contributed by atoms with E-state index in [1.165, 1.54) is 7.11 Å². The molecule has 0 aromatic rings. The lowest BCUT2D eigenvalue weighted by Gasteiger charge is -2.37. The van der Waals surface area contributed by atoms with Crippen LogP contribution in [0.15, 0.2) is 0 Å². The standard InChI is InChI=1S/C13H25NO6/c1-12(2,3)14(9(8-15)10(16)18-7)20-11(17)19-13(4,5)6/h9,15H,8H2,1-7H3/t9-/m0/s1. The highest BCUT2D eigenvalue weighted by atomic mass is 16.8. The Balaban J connectivity index is 5.09. The highest BCUT2D eigenvalue weighted by Crippen LogP contribution is 2.20. The average molecular weight is 291 g/mol. The quantitative estimate of drug-likeness (QED) is 0.620. The molecule has 0 rings (SSSR count). The third kappa shape index (κ3) is 6.21. The van der Waals surface area contributed by atoms with E-state index in [4.69, 9.17) is 9.57 Å². The molecule has 0 aliphatic rings. The van der Waals surface area contributed by atoms with E-state index in [1.54, 1.807) is 41.5 Å². The predicted molar refractivity (Wildman–Crippen MR) is 71.8 cm³/mol. The topological polar surface area (TPSA) is 85.3 Å². The lowest BCUT2D eigenvalue weighted by Crippen LogP contribution is -2.54. The molecule has 20 heavy (non-hydrogen) atoms. The summed E-state index contributed by atoms with van der Waals surface area (Å²) in [5.74, 6) is -0.703. The largest absolute Gasteiger partial charge is 0.528 e. The van der Waals surface area contributed by atoms with Crippen molar-refractivity contribution >= 4 is 12.1 Å². The Bertz CT molecular complexity index is 342. The molecule has 0 aliphatic carbocycles. The molecule has 1 N–H and O–H groups in total. The number of methoxy groups -OCH3 is 1. The van der Waals surface area contributed by atoms with E-state index < -0.39 is 35.9 Å². The summed E-state index contributed by atoms with van der Waals surface area (Å²) < 4.78 is 9.62. The molecule has 1 atom stereocenters. The summed E-state index contributed by atoms with van der Waals surface area (Å²) >= 11 is 0. The fourth-order valence-corrected chi connectivity index (χ4v) is 1.40. The van der Waals surface area contributed by atoms with Crippen molar-refractivity contribution in [1.82, 2.24) is 5.06 Å². The molecule has 0 radical (unpaired) electrons. The van der Waals surface area contributed by atoms with E-state index in [-0.39, 0.29) is 0 Å². The second-order valence-corrected chi connectivity index (χ2v) is 6.27. The molecule has 0 heterocycles. The molecule has 0 spiro atoms. The second-order valence-electron chi connectivity index (χ2n) is 6.27. The molecule has 118 valence electrons. The van der Waals surface area contributed by atoms with Gasteiger partial charge in [0, 0.05) is 5.54 Å². The Morgan fingerprint density at radius 2 is 1.65 bits per heavy atom. The van der Waals surface area contributed by atoms with Crippen molar-refractivity contribution in [3.8, 4) is 0 Å². The maximum atomic E-state index is 11.7. The van der Waals surface area contributed by atoms with Gasteiger partial charge in [-0.15, -0.1) is 5.06 Å². The van der Waals surface area contributed by atoms with Gasteiger partial charge in [-0.2, -0.15) is 0 Å². The number of aliphatic hydroxyl groups excluding tert-OH is 1. The molecular weight excluding hydrogens is 266 g/mol. The maximum Gasteiger partial charge on any atom is 0.528 e. The lowest BCUT2D eigenvalue weighted by atomic mass is 10.1. The van der Waals surface area contributed by atoms with Gasteiger partial charge in [-0.1, -0.05) is 0 Å². The van der Waals surface area contributed by atoms with Gasteiger partial charge in [0.1, 0.15) is 5.60 Å². The van der Waals surface area contributed by atoms with Crippen molar-refractivity contribution in [3.05, 3.63) is 0 Å². The van der Waals surface area contributed by atoms with E-state index in [0.717, 1.165) is 5.06 Å². The van der Waals surface area contributed by atoms with Crippen LogP contribution in [-0.4, -0.2) is 53.2 Å². The molecule has 0 aromatic carbocycles. The van der Waals surface area contributed by atoms with Gasteiger partial charge >= 0.3 is 12.1 Å². The van der Waals surface area contributed by atoms with Gasteiger partial charge in [0.05, 0.1) is 13.7 Å². The number of ether oxygens (including phenoxy) is 2. The fraction of sp³-hybridized carbons (Fsp3) is 0.846. The van der Waals surface area contributed by atoms with Crippen LogP contribution in [0.1, 0.15) is 41.5 Å². The van der Waals surface area contributed by atoms with Gasteiger partial charge < -0.3 is 19.4 Å². The zero-order valence-corrected chi connectivity index (χ0v) is 13.2. The van der Waals surface area contributed by atoms with Crippen LogP contribution < -0.4 is 0 Å². The van der Waals surface area contributed by atoms with Crippen molar-refractivity contribution in [1.29, 1.82) is 0 Å². The lowest BCUT2D eigenvalue weighted by molar-refractivity contribution is -0.223. The van der Waals surface area contributed by atoms with Crippen molar-refractivity contribution in [2.45, 2.75) is 58.7 Å². The number of esters is 1. The highest BCUT2D eigenvalue weighted by Gasteiger charge is 2.38. The smallest absolute Gasteiger partial charge is 0.468 e. The van der Waals surface area contributed by atoms with E-state index in [0.29, 0.717) is 0 Å². The maximum absolute atomic E-state index is 11.7. The molecule has 0 saturated heterocycles. The molecule has 0 bridgehead atoms. The van der Waals surface area contributed by atoms with Crippen LogP contribution in [-0.2, 0) is 19.1 Å². The zero-order chi connectivity index (χ0) is 16.1. The number of aliphatic hydroxyl groups is 1. The number of carbonyl (C=O) groups excluding carboxylic acids is 2. The second kappa shape index (κ2) is 6.90. The van der Waals surface area contributed by atoms with E-state index >= 15 is 0 Å². The average Bonchev–Trinajstić information content (AvgIpc) is 2.24. The monoisotopic (exact) mass is 291 g/mol. The molecular formula is C13H25NO6. The van der Waals surface area contributed by atoms with Gasteiger partial charge in [-0.25, -0.2) is 4.79 Å². The zero-order valence-electron chi connectivity index (χ0n) is 13.2. The number of hydrogen-bond acceptors (Lipinski definition) is 7. The van der Waals surface area contributed by atoms with E-state index in [1.807, 2.05) is 0 Å². The van der Waals surface area contributed by atoms with Crippen LogP contribution in [0.2, 0.25) is 0 Å². The molecule has 0 unspecified atom stereocenters. The third-order valence-corrected chi connectivity index (χ3v) is 2.15. The van der Waals surface area contributed by atoms with Crippen LogP contribution in [0.5, 0.6) is 0 Å². The summed E-state index contributed by atoms with van der Waals surface area (Å²) in [4.78, 5) is 28.4. The molecule has 0 saturated carbocycles. The summed E-state index contributed by atoms with van der Waals surface area (Å²) in [5, 5.41) is 10.4. The van der Waals surface area contributed by atoms with Gasteiger partial charge in [0.15, 0.2) is 6.04 Å². The van der Waals surface area contributed by atoms with Gasteiger partial charge in [0.2, 0.25) is 0 Å². The van der Waals surface area contributed by atoms with Crippen LogP contribution in [0.4, 0.5) is 4.79 Å². The Labute approximate surface area is 119 Å². The highest BCUT2D eigenvalue weighted by molar-refractivity contribution is 5.76. The summed E-state index contributed by atoms with van der Waals surface area (Å²) in [6.07, 6.45) is -0.949. The number of rotatable bonds is 4. The van der Waals surface area contributed by atoms with Gasteiger partial charge in [-0.3, -0.25) is 4.79 Å². The first-order valence-electron chi connectivity index (χ1n) is 6.31. The molecule has 0 amide bonds. The Morgan fingerprint density at radius 3 is 1.95 bits per heavy atom. The number of hydroxylamine groups is 2. The van der Waals surface area contributed by atoms with Crippen LogP contribution >= 0.6 is 0 Å². The van der Waals surface area contributed by atoms with Crippen LogP contribution in [0, 0.1) is 0 Å². The first-order chi connectivity index (χ1) is 8.92. The summed E-state index contributed by atoms with van der Waals surface area (Å²) in [6.45, 7) is 9.71. The minimum Gasteiger partial charge on any atom is -0.468 e. The fourth-order valence-electron chi connectivity index (χ4n) is 1.40. The first kappa shape index (κ1) is 18.7. The van der Waals surface area contributed by atoms with Crippen LogP contribution in [0.3, 0.4) is 0 Å². The molecule has 7 heteroatoms. The van der Waals surface area contributed by atoms with Gasteiger partial charge in [0.25, 0.3) is 0 Å². The summed E-state index contributed by atoms with van der Waals surface area (Å²) in [5.41, 5.74) is -1.45. The van der Waals surface area contributed by atoms with E-state index in [2.05, 4.69) is 4.74 Å². The Kier molecular flexibility index (Phi) is 6.43. The van der Waals surface area contributed by atoms with Crippen molar-refractivity contribution in [2.24, 2.45) is 0 Å². The molecule has 7 nitrogen and oxygen atoms in total. The summed E-state index contributed by atoms with van der Waals surface area (Å²) in [6, 6.07) is -1.12. The minimum atomic E-state index is -1.12. The normalized spacial score (nSPS) is 13.8. The van der Waals surface area contributed by atoms with Crippen molar-refractivity contribution in [2.75, 3.05) is 13.7 Å². The third-order valence-electron chi connectivity index (χ3n) is 2.15. The SMILES string of the molecule is COC(=O)[C@H](CO)N(OC(=O)OC(C)(C)C)C(C)(C)C. The Morgan fingerprint density at radius 1 is 1.15 bits per heavy atom. The molecule has 0 fully saturated rings. The summed E-state index contributed by atoms with van der Waals surface area (Å²) in [7, 11) is 1.19. The predicted octanol–water partition coefficient (Wildman–Crippen LogP) is 1.49. The van der Waals surface area contributed by atoms with Crippen molar-refractivity contribution in [3.63, 3.8) is 0 Å². The number of nitrogens with zero attached hydrogens (tertiary/aromatic N) is 1. The Hall–Kier alpha value is -1.34. The van der Waals surface area contributed by atoms with Crippen molar-refractivity contribution < 1.29 is 29.0 Å². The minimum absolute atomic E-state index is 0.549. The number of carbonyl (C=O) groups is 2.